The molecule has 1 aliphatic rings. The van der Waals surface area contributed by atoms with Crippen LogP contribution in [0.3, 0.4) is 0 Å². The van der Waals surface area contributed by atoms with Crippen molar-refractivity contribution >= 4 is 15.9 Å². The first-order valence-corrected chi connectivity index (χ1v) is 9.34. The third-order valence-corrected chi connectivity index (χ3v) is 5.96. The van der Waals surface area contributed by atoms with Crippen LogP contribution in [0.25, 0.3) is 0 Å². The van der Waals surface area contributed by atoms with Crippen LogP contribution in [0, 0.1) is 11.3 Å². The Hall–Kier alpha value is -2.37. The molecule has 1 heterocycles. The minimum Gasteiger partial charge on any atom is -0.455 e. The Labute approximate surface area is 150 Å². The molecule has 0 spiro atoms. The minimum atomic E-state index is -3.94. The first-order valence-electron chi connectivity index (χ1n) is 7.65. The number of aliphatic hydroxyl groups is 1. The SMILES string of the molecule is C/C=S(/C)c1ccc(Oc2cncc(C#N)c2)c2c1[C@H](O)C(F)(F)[C@@H]2F. The van der Waals surface area contributed by atoms with Crippen LogP contribution in [0.4, 0.5) is 13.2 Å². The van der Waals surface area contributed by atoms with Gasteiger partial charge in [-0.25, -0.2) is 4.39 Å². The third kappa shape index (κ3) is 2.87. The van der Waals surface area contributed by atoms with Gasteiger partial charge in [0.1, 0.15) is 23.7 Å². The van der Waals surface area contributed by atoms with E-state index in [1.807, 2.05) is 6.07 Å². The fourth-order valence-corrected chi connectivity index (χ4v) is 3.93. The van der Waals surface area contributed by atoms with Crippen molar-refractivity contribution in [2.75, 3.05) is 6.26 Å². The molecule has 2 aromatic rings. The first kappa shape index (κ1) is 18.4. The van der Waals surface area contributed by atoms with Crippen LogP contribution in [0.15, 0.2) is 35.5 Å². The summed E-state index contributed by atoms with van der Waals surface area (Å²) in [6.45, 7) is 1.77. The molecule has 0 saturated carbocycles. The van der Waals surface area contributed by atoms with E-state index in [0.29, 0.717) is 4.90 Å². The summed E-state index contributed by atoms with van der Waals surface area (Å²) in [5, 5.41) is 20.8. The molecular formula is C18H15F3N2O2S. The van der Waals surface area contributed by atoms with Gasteiger partial charge in [-0.3, -0.25) is 4.98 Å². The highest BCUT2D eigenvalue weighted by Gasteiger charge is 2.58. The zero-order chi connectivity index (χ0) is 19.1. The predicted molar refractivity (Wildman–Crippen MR) is 92.7 cm³/mol. The third-order valence-electron chi connectivity index (χ3n) is 4.21. The maximum atomic E-state index is 14.5. The van der Waals surface area contributed by atoms with Crippen molar-refractivity contribution in [1.82, 2.24) is 4.98 Å². The monoisotopic (exact) mass is 380 g/mol. The van der Waals surface area contributed by atoms with E-state index in [9.17, 15) is 18.3 Å². The fraction of sp³-hybridized carbons (Fsp3) is 0.278. The molecular weight excluding hydrogens is 365 g/mol. The second-order valence-corrected chi connectivity index (χ2v) is 7.77. The number of rotatable bonds is 3. The van der Waals surface area contributed by atoms with E-state index in [1.54, 1.807) is 24.6 Å². The number of hydrogen-bond donors (Lipinski definition) is 1. The lowest BCUT2D eigenvalue weighted by Crippen LogP contribution is -2.24. The van der Waals surface area contributed by atoms with E-state index < -0.39 is 28.7 Å². The lowest BCUT2D eigenvalue weighted by Gasteiger charge is -2.17. The maximum absolute atomic E-state index is 14.5. The summed E-state index contributed by atoms with van der Waals surface area (Å²) in [6, 6.07) is 6.21. The number of halogens is 3. The van der Waals surface area contributed by atoms with E-state index in [2.05, 4.69) is 4.98 Å². The number of hydrogen-bond acceptors (Lipinski definition) is 4. The van der Waals surface area contributed by atoms with Crippen molar-refractivity contribution in [2.45, 2.75) is 30.0 Å². The summed E-state index contributed by atoms with van der Waals surface area (Å²) in [5.41, 5.74) is -0.273. The van der Waals surface area contributed by atoms with Gasteiger partial charge in [-0.2, -0.15) is 24.5 Å². The van der Waals surface area contributed by atoms with Crippen molar-refractivity contribution in [1.29, 1.82) is 5.26 Å². The summed E-state index contributed by atoms with van der Waals surface area (Å²) in [5.74, 6) is -3.95. The summed E-state index contributed by atoms with van der Waals surface area (Å²) in [7, 11) is -0.547. The fourth-order valence-electron chi connectivity index (χ4n) is 2.82. The van der Waals surface area contributed by atoms with E-state index >= 15 is 0 Å². The molecule has 1 unspecified atom stereocenters. The molecule has 0 amide bonds. The van der Waals surface area contributed by atoms with Gasteiger partial charge in [0, 0.05) is 28.3 Å². The van der Waals surface area contributed by atoms with Crippen molar-refractivity contribution < 1.29 is 23.0 Å². The Morgan fingerprint density at radius 1 is 1.35 bits per heavy atom. The zero-order valence-electron chi connectivity index (χ0n) is 13.9. The van der Waals surface area contributed by atoms with Gasteiger partial charge >= 0.3 is 5.92 Å². The van der Waals surface area contributed by atoms with Gasteiger partial charge in [0.15, 0.2) is 6.17 Å². The van der Waals surface area contributed by atoms with Gasteiger partial charge in [0.25, 0.3) is 0 Å². The summed E-state index contributed by atoms with van der Waals surface area (Å²) in [4.78, 5) is 4.27. The van der Waals surface area contributed by atoms with Crippen LogP contribution in [-0.2, 0) is 0 Å². The second-order valence-electron chi connectivity index (χ2n) is 5.75. The van der Waals surface area contributed by atoms with Crippen LogP contribution in [0.2, 0.25) is 0 Å². The minimum absolute atomic E-state index is 0.119. The van der Waals surface area contributed by atoms with Crippen LogP contribution in [0.5, 0.6) is 11.5 Å². The van der Waals surface area contributed by atoms with Gasteiger partial charge in [-0.1, -0.05) is 5.37 Å². The van der Waals surface area contributed by atoms with Crippen LogP contribution >= 0.6 is 10.5 Å². The highest BCUT2D eigenvalue weighted by Crippen LogP contribution is 2.58. The van der Waals surface area contributed by atoms with Crippen molar-refractivity contribution in [3.63, 3.8) is 0 Å². The van der Waals surface area contributed by atoms with Crippen LogP contribution in [0.1, 0.15) is 35.9 Å². The zero-order valence-corrected chi connectivity index (χ0v) is 14.7. The van der Waals surface area contributed by atoms with Gasteiger partial charge in [0.05, 0.1) is 11.8 Å². The van der Waals surface area contributed by atoms with Crippen LogP contribution < -0.4 is 4.74 Å². The first-order chi connectivity index (χ1) is 12.3. The normalized spacial score (nSPS) is 21.9. The number of nitriles is 1. The molecule has 1 aliphatic carbocycles. The number of pyridine rings is 1. The molecule has 3 rings (SSSR count). The largest absolute Gasteiger partial charge is 0.455 e. The highest BCUT2D eigenvalue weighted by atomic mass is 32.2. The molecule has 1 aromatic heterocycles. The molecule has 0 saturated heterocycles. The van der Waals surface area contributed by atoms with Crippen LogP contribution in [-0.4, -0.2) is 27.6 Å². The van der Waals surface area contributed by atoms with Gasteiger partial charge in [-0.05, 0) is 25.3 Å². The van der Waals surface area contributed by atoms with Gasteiger partial charge in [0.2, 0.25) is 0 Å². The Morgan fingerprint density at radius 3 is 2.73 bits per heavy atom. The van der Waals surface area contributed by atoms with E-state index in [-0.39, 0.29) is 28.2 Å². The molecule has 0 bridgehead atoms. The van der Waals surface area contributed by atoms with Crippen molar-refractivity contribution in [3.8, 4) is 17.6 Å². The van der Waals surface area contributed by atoms with Crippen molar-refractivity contribution in [2.24, 2.45) is 0 Å². The summed E-state index contributed by atoms with van der Waals surface area (Å²) >= 11 is 0. The average molecular weight is 380 g/mol. The quantitative estimate of drug-likeness (QED) is 0.795. The second kappa shape index (κ2) is 6.74. The molecule has 0 fully saturated rings. The highest BCUT2D eigenvalue weighted by molar-refractivity contribution is 8.14. The Bertz CT molecular complexity index is 941. The molecule has 26 heavy (non-hydrogen) atoms. The number of aliphatic hydroxyl groups excluding tert-OH is 1. The molecule has 0 aliphatic heterocycles. The smallest absolute Gasteiger partial charge is 0.312 e. The number of nitrogens with zero attached hydrogens (tertiary/aromatic N) is 2. The van der Waals surface area contributed by atoms with E-state index in [4.69, 9.17) is 10.00 Å². The lowest BCUT2D eigenvalue weighted by atomic mass is 10.1. The standard InChI is InChI=1S/C18H15F3N2O2S/c1-3-26(2)13-5-4-12(25-11-6-10(7-22)8-23-9-11)14-15(13)17(24)18(20,21)16(14)19/h3-6,8-9,16-17,24H,1-2H3/t16-,17+,26?/m1/s1. The van der Waals surface area contributed by atoms with Crippen molar-refractivity contribution in [3.05, 3.63) is 47.3 Å². The number of benzene rings is 1. The topological polar surface area (TPSA) is 66.1 Å². The van der Waals surface area contributed by atoms with Gasteiger partial charge < -0.3 is 9.84 Å². The molecule has 0 radical (unpaired) electrons. The number of fused-ring (bicyclic) bond motifs is 1. The molecule has 136 valence electrons. The number of aromatic nitrogens is 1. The number of ether oxygens (including phenoxy) is 1. The molecule has 1 aromatic carbocycles. The van der Waals surface area contributed by atoms with E-state index in [1.165, 1.54) is 24.5 Å². The summed E-state index contributed by atoms with van der Waals surface area (Å²) < 4.78 is 48.4. The number of alkyl halides is 3. The Kier molecular flexibility index (Phi) is 4.78. The molecule has 4 nitrogen and oxygen atoms in total. The maximum Gasteiger partial charge on any atom is 0.312 e. The lowest BCUT2D eigenvalue weighted by molar-refractivity contribution is -0.143. The summed E-state index contributed by atoms with van der Waals surface area (Å²) in [6.07, 6.45) is -0.529. The average Bonchev–Trinajstić information content (AvgIpc) is 2.82. The molecule has 3 atom stereocenters. The molecule has 1 N–H and O–H groups in total. The Morgan fingerprint density at radius 2 is 2.08 bits per heavy atom. The van der Waals surface area contributed by atoms with E-state index in [0.717, 1.165) is 0 Å². The van der Waals surface area contributed by atoms with Gasteiger partial charge in [-0.15, -0.1) is 0 Å². The Balaban J connectivity index is 2.16. The predicted octanol–water partition coefficient (Wildman–Crippen LogP) is 4.52. The molecule has 8 heteroatoms.